The normalized spacial score (nSPS) is 14.1. The third-order valence-corrected chi connectivity index (χ3v) is 4.21. The Kier molecular flexibility index (Phi) is 2.56. The molecular weight excluding hydrogens is 241 g/mol. The van der Waals surface area contributed by atoms with Crippen LogP contribution in [0.25, 0.3) is 22.1 Å². The van der Waals surface area contributed by atoms with E-state index in [1.165, 1.54) is 33.3 Å². The van der Waals surface area contributed by atoms with Crippen LogP contribution in [0.5, 0.6) is 0 Å². The molecule has 1 aromatic heterocycles. The maximum absolute atomic E-state index is 2.43. The first-order valence-corrected chi connectivity index (χ1v) is 7.21. The largest absolute Gasteiger partial charge is 0.313 e. The Morgan fingerprint density at radius 2 is 1.65 bits per heavy atom. The molecule has 2 heteroatoms. The predicted octanol–water partition coefficient (Wildman–Crippen LogP) is 3.55. The first kappa shape index (κ1) is 11.6. The lowest BCUT2D eigenvalue weighted by Gasteiger charge is -2.15. The first-order chi connectivity index (χ1) is 9.86. The standard InChI is InChI=1S/C18H16BN/c19-15-10-6-12-17-18(15)14-9-4-5-11-16(14)20(17)13-7-2-1-3-8-13/h1-5,7-11H,6,12,19H2. The van der Waals surface area contributed by atoms with E-state index in [0.29, 0.717) is 0 Å². The van der Waals surface area contributed by atoms with Gasteiger partial charge >= 0.3 is 0 Å². The number of benzene rings is 2. The molecule has 0 saturated heterocycles. The van der Waals surface area contributed by atoms with Crippen molar-refractivity contribution in [2.75, 3.05) is 0 Å². The van der Waals surface area contributed by atoms with Crippen LogP contribution in [0, 0.1) is 0 Å². The van der Waals surface area contributed by atoms with Gasteiger partial charge in [0.15, 0.2) is 0 Å². The number of hydrogen-bond acceptors (Lipinski definition) is 0. The van der Waals surface area contributed by atoms with Gasteiger partial charge in [-0.15, -0.1) is 0 Å². The number of hydrogen-bond donors (Lipinski definition) is 0. The quantitative estimate of drug-likeness (QED) is 0.587. The minimum atomic E-state index is 1.12. The Bertz CT molecular complexity index is 812. The van der Waals surface area contributed by atoms with Crippen LogP contribution in [0.4, 0.5) is 0 Å². The fraction of sp³-hybridized carbons (Fsp3) is 0.111. The maximum Gasteiger partial charge on any atom is 0.139 e. The van der Waals surface area contributed by atoms with E-state index in [4.69, 9.17) is 0 Å². The summed E-state index contributed by atoms with van der Waals surface area (Å²) in [5, 5.41) is 1.37. The smallest absolute Gasteiger partial charge is 0.139 e. The van der Waals surface area contributed by atoms with Crippen LogP contribution in [0.3, 0.4) is 0 Å². The summed E-state index contributed by atoms with van der Waals surface area (Å²) in [4.78, 5) is 0. The molecule has 0 saturated carbocycles. The van der Waals surface area contributed by atoms with Crippen molar-refractivity contribution >= 4 is 24.2 Å². The highest BCUT2D eigenvalue weighted by Crippen LogP contribution is 2.36. The molecule has 0 unspecified atom stereocenters. The Morgan fingerprint density at radius 3 is 2.50 bits per heavy atom. The van der Waals surface area contributed by atoms with Gasteiger partial charge in [-0.1, -0.05) is 47.9 Å². The van der Waals surface area contributed by atoms with Gasteiger partial charge in [-0.3, -0.25) is 0 Å². The lowest BCUT2D eigenvalue weighted by atomic mass is 9.82. The van der Waals surface area contributed by atoms with Crippen molar-refractivity contribution in [2.45, 2.75) is 12.8 Å². The SMILES string of the molecule is BC1=CCCc2c1c1ccccc1n2-c1ccccc1. The van der Waals surface area contributed by atoms with Crippen molar-refractivity contribution in [3.05, 3.63) is 71.9 Å². The van der Waals surface area contributed by atoms with Gasteiger partial charge in [0.25, 0.3) is 0 Å². The van der Waals surface area contributed by atoms with E-state index in [1.807, 2.05) is 0 Å². The average Bonchev–Trinajstić information content (AvgIpc) is 2.84. The number of allylic oxidation sites excluding steroid dienone is 1. The second kappa shape index (κ2) is 4.41. The molecule has 4 rings (SSSR count). The van der Waals surface area contributed by atoms with E-state index in [9.17, 15) is 0 Å². The Morgan fingerprint density at radius 1 is 0.900 bits per heavy atom. The highest BCUT2D eigenvalue weighted by Gasteiger charge is 2.20. The molecule has 0 aliphatic heterocycles. The summed E-state index contributed by atoms with van der Waals surface area (Å²) in [5.41, 5.74) is 6.89. The van der Waals surface area contributed by atoms with Gasteiger partial charge in [0.2, 0.25) is 0 Å². The summed E-state index contributed by atoms with van der Waals surface area (Å²) < 4.78 is 2.43. The van der Waals surface area contributed by atoms with E-state index in [1.54, 1.807) is 0 Å². The zero-order valence-electron chi connectivity index (χ0n) is 11.6. The number of para-hydroxylation sites is 2. The predicted molar refractivity (Wildman–Crippen MR) is 88.1 cm³/mol. The molecule has 2 aromatic carbocycles. The van der Waals surface area contributed by atoms with Crippen LogP contribution in [-0.4, -0.2) is 12.4 Å². The molecule has 0 N–H and O–H groups in total. The minimum Gasteiger partial charge on any atom is -0.313 e. The Balaban J connectivity index is 2.14. The maximum atomic E-state index is 2.43. The van der Waals surface area contributed by atoms with Gasteiger partial charge in [0.1, 0.15) is 7.85 Å². The van der Waals surface area contributed by atoms with Crippen LogP contribution in [-0.2, 0) is 6.42 Å². The third-order valence-electron chi connectivity index (χ3n) is 4.21. The molecule has 1 aliphatic rings. The molecule has 0 amide bonds. The first-order valence-electron chi connectivity index (χ1n) is 7.21. The Hall–Kier alpha value is -2.22. The average molecular weight is 257 g/mol. The van der Waals surface area contributed by atoms with Crippen molar-refractivity contribution in [1.82, 2.24) is 4.57 Å². The van der Waals surface area contributed by atoms with Gasteiger partial charge in [-0.2, -0.15) is 0 Å². The molecule has 0 radical (unpaired) electrons. The van der Waals surface area contributed by atoms with Crippen molar-refractivity contribution in [1.29, 1.82) is 0 Å². The zero-order valence-corrected chi connectivity index (χ0v) is 11.6. The molecule has 96 valence electrons. The third kappa shape index (κ3) is 1.58. The van der Waals surface area contributed by atoms with Gasteiger partial charge < -0.3 is 4.57 Å². The fourth-order valence-corrected chi connectivity index (χ4v) is 3.37. The van der Waals surface area contributed by atoms with Crippen molar-refractivity contribution in [3.63, 3.8) is 0 Å². The highest BCUT2D eigenvalue weighted by molar-refractivity contribution is 6.44. The van der Waals surface area contributed by atoms with Crippen molar-refractivity contribution in [3.8, 4) is 5.69 Å². The van der Waals surface area contributed by atoms with Crippen LogP contribution in [0.15, 0.2) is 60.7 Å². The van der Waals surface area contributed by atoms with Crippen LogP contribution in [0.1, 0.15) is 17.7 Å². The molecule has 3 aromatic rings. The lowest BCUT2D eigenvalue weighted by molar-refractivity contribution is 0.887. The molecular formula is C18H16BN. The number of rotatable bonds is 1. The minimum absolute atomic E-state index is 1.12. The van der Waals surface area contributed by atoms with Crippen LogP contribution < -0.4 is 0 Å². The second-order valence-corrected chi connectivity index (χ2v) is 5.44. The summed E-state index contributed by atoms with van der Waals surface area (Å²) in [6, 6.07) is 19.4. The molecule has 1 nitrogen and oxygen atoms in total. The molecule has 0 bridgehead atoms. The number of nitrogens with zero attached hydrogens (tertiary/aromatic N) is 1. The van der Waals surface area contributed by atoms with E-state index < -0.39 is 0 Å². The fourth-order valence-electron chi connectivity index (χ4n) is 3.37. The molecule has 0 fully saturated rings. The summed E-state index contributed by atoms with van der Waals surface area (Å²) in [6.45, 7) is 0. The van der Waals surface area contributed by atoms with Crippen LogP contribution in [0.2, 0.25) is 0 Å². The van der Waals surface area contributed by atoms with Gasteiger partial charge in [-0.25, -0.2) is 0 Å². The molecule has 1 heterocycles. The summed E-state index contributed by atoms with van der Waals surface area (Å²) >= 11 is 0. The second-order valence-electron chi connectivity index (χ2n) is 5.44. The monoisotopic (exact) mass is 257 g/mol. The molecule has 1 aliphatic carbocycles. The molecule has 0 spiro atoms. The summed E-state index contributed by atoms with van der Waals surface area (Å²) in [7, 11) is 2.24. The van der Waals surface area contributed by atoms with E-state index in [2.05, 4.69) is 73.1 Å². The lowest BCUT2D eigenvalue weighted by Crippen LogP contribution is -2.05. The molecule has 20 heavy (non-hydrogen) atoms. The summed E-state index contributed by atoms with van der Waals surface area (Å²) in [6.07, 6.45) is 4.63. The van der Waals surface area contributed by atoms with Gasteiger partial charge in [0.05, 0.1) is 5.52 Å². The van der Waals surface area contributed by atoms with Crippen molar-refractivity contribution in [2.24, 2.45) is 0 Å². The topological polar surface area (TPSA) is 4.93 Å². The zero-order chi connectivity index (χ0) is 13.5. The van der Waals surface area contributed by atoms with E-state index in [0.717, 1.165) is 12.8 Å². The van der Waals surface area contributed by atoms with E-state index in [-0.39, 0.29) is 0 Å². The number of fused-ring (bicyclic) bond motifs is 3. The summed E-state index contributed by atoms with van der Waals surface area (Å²) in [5.74, 6) is 0. The van der Waals surface area contributed by atoms with Gasteiger partial charge in [-0.05, 0) is 36.6 Å². The van der Waals surface area contributed by atoms with Crippen LogP contribution >= 0.6 is 0 Å². The highest BCUT2D eigenvalue weighted by atomic mass is 15.0. The Labute approximate surface area is 120 Å². The number of aromatic nitrogens is 1. The van der Waals surface area contributed by atoms with E-state index >= 15 is 0 Å². The van der Waals surface area contributed by atoms with Crippen molar-refractivity contribution < 1.29 is 0 Å². The molecule has 0 atom stereocenters. The van der Waals surface area contributed by atoms with Gasteiger partial charge in [0, 0.05) is 16.8 Å².